The van der Waals surface area contributed by atoms with Crippen molar-refractivity contribution in [2.45, 2.75) is 13.0 Å². The van der Waals surface area contributed by atoms with Gasteiger partial charge in [-0.3, -0.25) is 0 Å². The molecule has 0 fully saturated rings. The van der Waals surface area contributed by atoms with Crippen molar-refractivity contribution in [3.8, 4) is 11.1 Å². The molecule has 0 heterocycles. The first-order chi connectivity index (χ1) is 7.79. The second-order valence-electron chi connectivity index (χ2n) is 4.68. The van der Waals surface area contributed by atoms with E-state index in [1.54, 1.807) is 11.1 Å². The molecule has 0 saturated carbocycles. The average Bonchev–Trinajstić information content (AvgIpc) is 2.63. The summed E-state index contributed by atoms with van der Waals surface area (Å²) in [6.45, 7) is 0. The van der Waals surface area contributed by atoms with Crippen molar-refractivity contribution in [2.75, 3.05) is 0 Å². The van der Waals surface area contributed by atoms with Crippen LogP contribution in [0.2, 0.25) is 9.36 Å². The van der Waals surface area contributed by atoms with Crippen molar-refractivity contribution < 1.29 is 21.4 Å². The molecule has 79 valence electrons. The molecule has 0 bridgehead atoms. The summed E-state index contributed by atoms with van der Waals surface area (Å²) >= 11 is -1.42. The predicted octanol–water partition coefficient (Wildman–Crippen LogP) is 4.47. The van der Waals surface area contributed by atoms with Gasteiger partial charge in [0.1, 0.15) is 0 Å². The summed E-state index contributed by atoms with van der Waals surface area (Å²) in [6.07, 6.45) is 0. The Bertz CT molecular complexity index is 483. The third-order valence-electron chi connectivity index (χ3n) is 3.41. The van der Waals surface area contributed by atoms with E-state index in [1.807, 2.05) is 0 Å². The molecule has 0 N–H and O–H groups in total. The van der Waals surface area contributed by atoms with E-state index in [2.05, 4.69) is 57.9 Å². The van der Waals surface area contributed by atoms with Crippen molar-refractivity contribution in [1.29, 1.82) is 0 Å². The molecule has 2 aromatic rings. The van der Waals surface area contributed by atoms with Crippen LogP contribution in [0.1, 0.15) is 14.8 Å². The van der Waals surface area contributed by atoms with E-state index >= 15 is 0 Å². The van der Waals surface area contributed by atoms with Crippen molar-refractivity contribution in [3.05, 3.63) is 59.7 Å². The molecule has 2 aromatic carbocycles. The normalized spacial score (nSPS) is 13.4. The van der Waals surface area contributed by atoms with Crippen molar-refractivity contribution in [3.63, 3.8) is 0 Å². The molecule has 1 heteroatoms. The zero-order chi connectivity index (χ0) is 11.1. The maximum atomic E-state index is 2.52. The zero-order valence-electron chi connectivity index (χ0n) is 9.70. The molecule has 0 nitrogen and oxygen atoms in total. The predicted molar refractivity (Wildman–Crippen MR) is 65.4 cm³/mol. The SMILES string of the molecule is [CH3][Hf]([CH3])[CH]1c2ccccc2-c2ccccc21. The van der Waals surface area contributed by atoms with Gasteiger partial charge in [0.2, 0.25) is 0 Å². The summed E-state index contributed by atoms with van der Waals surface area (Å²) < 4.78 is 5.83. The van der Waals surface area contributed by atoms with E-state index in [0.29, 0.717) is 0 Å². The molecule has 1 aliphatic rings. The minimum atomic E-state index is -1.42. The molecule has 0 aromatic heterocycles. The van der Waals surface area contributed by atoms with Crippen LogP contribution in [0.15, 0.2) is 48.5 Å². The number of hydrogen-bond acceptors (Lipinski definition) is 0. The van der Waals surface area contributed by atoms with Crippen LogP contribution in [0, 0.1) is 0 Å². The van der Waals surface area contributed by atoms with Gasteiger partial charge in [0, 0.05) is 0 Å². The Morgan fingerprint density at radius 1 is 0.750 bits per heavy atom. The van der Waals surface area contributed by atoms with E-state index in [0.717, 1.165) is 3.67 Å². The topological polar surface area (TPSA) is 0 Å². The van der Waals surface area contributed by atoms with Gasteiger partial charge < -0.3 is 0 Å². The molecule has 0 unspecified atom stereocenters. The third kappa shape index (κ3) is 1.45. The first-order valence-electron chi connectivity index (χ1n) is 5.77. The van der Waals surface area contributed by atoms with Gasteiger partial charge in [0.05, 0.1) is 0 Å². The molecule has 0 aliphatic heterocycles. The molecule has 3 rings (SSSR count). The number of hydrogen-bond donors (Lipinski definition) is 0. The van der Waals surface area contributed by atoms with Crippen LogP contribution in [0.4, 0.5) is 0 Å². The van der Waals surface area contributed by atoms with E-state index in [9.17, 15) is 0 Å². The molecule has 0 atom stereocenters. The van der Waals surface area contributed by atoms with Gasteiger partial charge in [-0.05, 0) is 0 Å². The van der Waals surface area contributed by atoms with E-state index in [-0.39, 0.29) is 0 Å². The summed E-state index contributed by atoms with van der Waals surface area (Å²) in [6, 6.07) is 17.9. The molecular formula is C15H15Hf. The monoisotopic (exact) mass is 375 g/mol. The summed E-state index contributed by atoms with van der Waals surface area (Å²) in [5, 5.41) is 0. The standard InChI is InChI=1S/C13H9.2CH3.Hf/c1-3-7-12-10(5-1)9-11-6-2-4-8-13(11)12;;;/h1-9H;2*1H3;. The Balaban J connectivity index is 2.30. The molecule has 16 heavy (non-hydrogen) atoms. The first kappa shape index (κ1) is 10.5. The van der Waals surface area contributed by atoms with Crippen molar-refractivity contribution >= 4 is 0 Å². The quantitative estimate of drug-likeness (QED) is 0.647. The van der Waals surface area contributed by atoms with Crippen molar-refractivity contribution in [1.82, 2.24) is 0 Å². The van der Waals surface area contributed by atoms with Gasteiger partial charge >= 0.3 is 105 Å². The van der Waals surface area contributed by atoms with Gasteiger partial charge in [0.15, 0.2) is 0 Å². The number of rotatable bonds is 1. The van der Waals surface area contributed by atoms with Crippen LogP contribution in [-0.2, 0) is 21.4 Å². The molecular weight excluding hydrogens is 359 g/mol. The molecule has 0 radical (unpaired) electrons. The van der Waals surface area contributed by atoms with Crippen LogP contribution >= 0.6 is 0 Å². The fraction of sp³-hybridized carbons (Fsp3) is 0.200. The fourth-order valence-electron chi connectivity index (χ4n) is 2.78. The van der Waals surface area contributed by atoms with Gasteiger partial charge in [-0.1, -0.05) is 0 Å². The van der Waals surface area contributed by atoms with Crippen LogP contribution in [-0.4, -0.2) is 0 Å². The summed E-state index contributed by atoms with van der Waals surface area (Å²) in [4.78, 5) is 0. The Hall–Kier alpha value is -0.690. The van der Waals surface area contributed by atoms with E-state index < -0.39 is 21.4 Å². The second kappa shape index (κ2) is 3.96. The van der Waals surface area contributed by atoms with Crippen LogP contribution < -0.4 is 0 Å². The summed E-state index contributed by atoms with van der Waals surface area (Å²) in [5.41, 5.74) is 6.15. The Morgan fingerprint density at radius 2 is 1.19 bits per heavy atom. The number of fused-ring (bicyclic) bond motifs is 3. The Morgan fingerprint density at radius 3 is 1.62 bits per heavy atom. The Labute approximate surface area is 105 Å². The van der Waals surface area contributed by atoms with Crippen molar-refractivity contribution in [2.24, 2.45) is 0 Å². The summed E-state index contributed by atoms with van der Waals surface area (Å²) in [7, 11) is 0. The zero-order valence-corrected chi connectivity index (χ0v) is 13.3. The third-order valence-corrected chi connectivity index (χ3v) is 9.79. The van der Waals surface area contributed by atoms with Crippen LogP contribution in [0.3, 0.4) is 0 Å². The van der Waals surface area contributed by atoms with E-state index in [1.165, 1.54) is 11.1 Å². The van der Waals surface area contributed by atoms with Crippen LogP contribution in [0.5, 0.6) is 0 Å². The summed E-state index contributed by atoms with van der Waals surface area (Å²) in [5.74, 6) is 0. The molecule has 1 aliphatic carbocycles. The average molecular weight is 374 g/mol. The Kier molecular flexibility index (Phi) is 2.59. The van der Waals surface area contributed by atoms with Gasteiger partial charge in [-0.15, -0.1) is 0 Å². The van der Waals surface area contributed by atoms with E-state index in [4.69, 9.17) is 0 Å². The molecule has 0 amide bonds. The van der Waals surface area contributed by atoms with Gasteiger partial charge in [-0.2, -0.15) is 0 Å². The maximum absolute atomic E-state index is 2.52. The minimum absolute atomic E-state index is 0.789. The number of benzene rings is 2. The van der Waals surface area contributed by atoms with Gasteiger partial charge in [-0.25, -0.2) is 0 Å². The molecule has 0 spiro atoms. The van der Waals surface area contributed by atoms with Crippen LogP contribution in [0.25, 0.3) is 11.1 Å². The second-order valence-corrected chi connectivity index (χ2v) is 14.5. The first-order valence-corrected chi connectivity index (χ1v) is 15.0. The van der Waals surface area contributed by atoms with Gasteiger partial charge in [0.25, 0.3) is 0 Å². The molecule has 0 saturated heterocycles. The fourth-order valence-corrected chi connectivity index (χ4v) is 9.06.